The maximum absolute atomic E-state index is 12.5. The number of carbonyl (C=O) groups excluding carboxylic acids is 1. The molecule has 0 saturated carbocycles. The molecule has 3 aromatic carbocycles. The molecule has 1 atom stereocenters. The van der Waals surface area contributed by atoms with Gasteiger partial charge < -0.3 is 19.4 Å². The first-order valence-corrected chi connectivity index (χ1v) is 12.1. The third kappa shape index (κ3) is 5.89. The first-order valence-electron chi connectivity index (χ1n) is 12.1. The molecule has 6 nitrogen and oxygen atoms in total. The molecule has 182 valence electrons. The number of hydrogen-bond acceptors (Lipinski definition) is 3. The van der Waals surface area contributed by atoms with Crippen LogP contribution >= 0.6 is 0 Å². The van der Waals surface area contributed by atoms with Gasteiger partial charge in [0.2, 0.25) is 11.5 Å². The standard InChI is InChI=1S/C29H35N5O/c1-21-9-13-23(14-10-21)17-25(18-31-28(35)20-32(3)4)34-27-8-6-5-7-26(27)33(29(34)30)19-24-15-11-22(2)12-16-24/h5-16,25,30H,17-20H2,1-4H3,(H,31,35). The lowest BCUT2D eigenvalue weighted by Crippen LogP contribution is -2.39. The molecule has 6 heteroatoms. The lowest BCUT2D eigenvalue weighted by Gasteiger charge is -2.21. The van der Waals surface area contributed by atoms with Crippen LogP contribution in [-0.4, -0.2) is 47.1 Å². The first kappa shape index (κ1) is 24.5. The molecule has 35 heavy (non-hydrogen) atoms. The van der Waals surface area contributed by atoms with E-state index in [-0.39, 0.29) is 11.9 Å². The number of aromatic nitrogens is 2. The Kier molecular flexibility index (Phi) is 7.51. The van der Waals surface area contributed by atoms with Crippen molar-refractivity contribution in [2.75, 3.05) is 27.2 Å². The van der Waals surface area contributed by atoms with Gasteiger partial charge in [-0.25, -0.2) is 0 Å². The molecule has 0 bridgehead atoms. The molecule has 0 aliphatic heterocycles. The van der Waals surface area contributed by atoms with Crippen molar-refractivity contribution in [3.05, 3.63) is 101 Å². The highest BCUT2D eigenvalue weighted by Crippen LogP contribution is 2.21. The fourth-order valence-electron chi connectivity index (χ4n) is 4.49. The zero-order chi connectivity index (χ0) is 24.9. The van der Waals surface area contributed by atoms with Crippen LogP contribution in [0.3, 0.4) is 0 Å². The van der Waals surface area contributed by atoms with Crippen molar-refractivity contribution < 1.29 is 4.79 Å². The number of para-hydroxylation sites is 2. The van der Waals surface area contributed by atoms with Crippen LogP contribution in [0.2, 0.25) is 0 Å². The molecular formula is C29H35N5O. The number of nitrogens with zero attached hydrogens (tertiary/aromatic N) is 3. The first-order chi connectivity index (χ1) is 16.8. The Labute approximate surface area is 207 Å². The summed E-state index contributed by atoms with van der Waals surface area (Å²) in [6.07, 6.45) is 0.720. The summed E-state index contributed by atoms with van der Waals surface area (Å²) in [5.41, 5.74) is 7.24. The molecule has 0 aliphatic carbocycles. The van der Waals surface area contributed by atoms with Gasteiger partial charge in [-0.15, -0.1) is 0 Å². The average molecular weight is 470 g/mol. The minimum absolute atomic E-state index is 0.0144. The minimum atomic E-state index is -0.0968. The zero-order valence-corrected chi connectivity index (χ0v) is 21.1. The van der Waals surface area contributed by atoms with Crippen LogP contribution in [0.1, 0.15) is 28.3 Å². The van der Waals surface area contributed by atoms with Crippen LogP contribution in [0.15, 0.2) is 72.8 Å². The van der Waals surface area contributed by atoms with Crippen LogP contribution in [0.25, 0.3) is 11.0 Å². The van der Waals surface area contributed by atoms with Crippen molar-refractivity contribution in [1.29, 1.82) is 5.41 Å². The zero-order valence-electron chi connectivity index (χ0n) is 21.1. The lowest BCUT2D eigenvalue weighted by molar-refractivity contribution is -0.121. The number of benzene rings is 3. The number of imidazole rings is 1. The van der Waals surface area contributed by atoms with Gasteiger partial charge in [0.05, 0.1) is 30.2 Å². The van der Waals surface area contributed by atoms with Gasteiger partial charge in [0, 0.05) is 6.54 Å². The van der Waals surface area contributed by atoms with Gasteiger partial charge in [0.15, 0.2) is 0 Å². The molecule has 0 spiro atoms. The lowest BCUT2D eigenvalue weighted by atomic mass is 10.0. The van der Waals surface area contributed by atoms with Crippen molar-refractivity contribution in [2.24, 2.45) is 0 Å². The molecule has 4 aromatic rings. The number of likely N-dealkylation sites (N-methyl/N-ethyl adjacent to an activating group) is 1. The highest BCUT2D eigenvalue weighted by atomic mass is 16.2. The highest BCUT2D eigenvalue weighted by Gasteiger charge is 2.20. The summed E-state index contributed by atoms with van der Waals surface area (Å²) in [5.74, 6) is -0.0144. The molecule has 0 saturated heterocycles. The Bertz CT molecular complexity index is 1350. The van der Waals surface area contributed by atoms with Gasteiger partial charge in [0.1, 0.15) is 0 Å². The van der Waals surface area contributed by atoms with Crippen molar-refractivity contribution in [3.8, 4) is 0 Å². The van der Waals surface area contributed by atoms with Crippen LogP contribution in [-0.2, 0) is 17.8 Å². The van der Waals surface area contributed by atoms with Gasteiger partial charge in [-0.3, -0.25) is 10.2 Å². The molecular weight excluding hydrogens is 434 g/mol. The summed E-state index contributed by atoms with van der Waals surface area (Å²) in [7, 11) is 3.78. The Hall–Kier alpha value is -3.64. The SMILES string of the molecule is Cc1ccc(CC(CNC(=O)CN(C)C)n2c(=N)n(Cc3ccc(C)cc3)c3ccccc32)cc1. The fraction of sp³-hybridized carbons (Fsp3) is 0.310. The summed E-state index contributed by atoms with van der Waals surface area (Å²) in [5, 5.41) is 12.3. The van der Waals surface area contributed by atoms with Gasteiger partial charge >= 0.3 is 0 Å². The molecule has 4 rings (SSSR count). The maximum atomic E-state index is 12.5. The van der Waals surface area contributed by atoms with E-state index < -0.39 is 0 Å². The van der Waals surface area contributed by atoms with E-state index in [4.69, 9.17) is 0 Å². The molecule has 1 unspecified atom stereocenters. The van der Waals surface area contributed by atoms with Gasteiger partial charge in [0.25, 0.3) is 0 Å². The van der Waals surface area contributed by atoms with Crippen molar-refractivity contribution in [2.45, 2.75) is 32.9 Å². The van der Waals surface area contributed by atoms with E-state index in [0.717, 1.165) is 23.0 Å². The molecule has 1 amide bonds. The van der Waals surface area contributed by atoms with Gasteiger partial charge in [-0.1, -0.05) is 71.8 Å². The van der Waals surface area contributed by atoms with E-state index in [0.29, 0.717) is 25.3 Å². The Morgan fingerprint density at radius 1 is 0.886 bits per heavy atom. The second kappa shape index (κ2) is 10.7. The fourth-order valence-corrected chi connectivity index (χ4v) is 4.49. The number of nitrogens with one attached hydrogen (secondary N) is 2. The maximum Gasteiger partial charge on any atom is 0.234 e. The monoisotopic (exact) mass is 469 g/mol. The quantitative estimate of drug-likeness (QED) is 0.388. The normalized spacial score (nSPS) is 12.3. The third-order valence-corrected chi connectivity index (χ3v) is 6.33. The van der Waals surface area contributed by atoms with E-state index in [2.05, 4.69) is 89.0 Å². The number of rotatable bonds is 9. The summed E-state index contributed by atoms with van der Waals surface area (Å²) in [4.78, 5) is 14.4. The van der Waals surface area contributed by atoms with E-state index in [1.165, 1.54) is 16.7 Å². The third-order valence-electron chi connectivity index (χ3n) is 6.33. The van der Waals surface area contributed by atoms with Crippen LogP contribution in [0.4, 0.5) is 0 Å². The second-order valence-corrected chi connectivity index (χ2v) is 9.64. The molecule has 0 fully saturated rings. The predicted molar refractivity (Wildman–Crippen MR) is 142 cm³/mol. The Morgan fingerprint density at radius 2 is 1.46 bits per heavy atom. The van der Waals surface area contributed by atoms with E-state index in [1.54, 1.807) is 0 Å². The number of fused-ring (bicyclic) bond motifs is 1. The molecule has 1 heterocycles. The molecule has 2 N–H and O–H groups in total. The second-order valence-electron chi connectivity index (χ2n) is 9.64. The summed E-state index contributed by atoms with van der Waals surface area (Å²) in [6.45, 7) is 5.58. The number of hydrogen-bond donors (Lipinski definition) is 2. The van der Waals surface area contributed by atoms with Gasteiger partial charge in [-0.2, -0.15) is 0 Å². The topological polar surface area (TPSA) is 66.1 Å². The minimum Gasteiger partial charge on any atom is -0.353 e. The van der Waals surface area contributed by atoms with Crippen LogP contribution in [0, 0.1) is 19.3 Å². The predicted octanol–water partition coefficient (Wildman–Crippen LogP) is 4.05. The van der Waals surface area contributed by atoms with Crippen LogP contribution < -0.4 is 10.9 Å². The van der Waals surface area contributed by atoms with E-state index >= 15 is 0 Å². The summed E-state index contributed by atoms with van der Waals surface area (Å²) < 4.78 is 4.14. The van der Waals surface area contributed by atoms with Crippen molar-refractivity contribution in [1.82, 2.24) is 19.4 Å². The Morgan fingerprint density at radius 3 is 2.06 bits per heavy atom. The number of amides is 1. The number of aryl methyl sites for hydroxylation is 2. The smallest absolute Gasteiger partial charge is 0.234 e. The Balaban J connectivity index is 1.74. The molecule has 1 aromatic heterocycles. The highest BCUT2D eigenvalue weighted by molar-refractivity contribution is 5.78. The van der Waals surface area contributed by atoms with Crippen molar-refractivity contribution >= 4 is 16.9 Å². The largest absolute Gasteiger partial charge is 0.353 e. The molecule has 0 aliphatic rings. The summed E-state index contributed by atoms with van der Waals surface area (Å²) >= 11 is 0. The van der Waals surface area contributed by atoms with E-state index in [9.17, 15) is 10.2 Å². The number of carbonyl (C=O) groups is 1. The van der Waals surface area contributed by atoms with Crippen molar-refractivity contribution in [3.63, 3.8) is 0 Å². The summed E-state index contributed by atoms with van der Waals surface area (Å²) in [6, 6.07) is 25.1. The average Bonchev–Trinajstić information content (AvgIpc) is 3.10. The van der Waals surface area contributed by atoms with Gasteiger partial charge in [-0.05, 0) is 57.6 Å². The van der Waals surface area contributed by atoms with E-state index in [1.807, 2.05) is 31.1 Å². The molecule has 0 radical (unpaired) electrons. The van der Waals surface area contributed by atoms with Crippen LogP contribution in [0.5, 0.6) is 0 Å².